The molecule has 3 aromatic carbocycles. The molecule has 0 aliphatic carbocycles. The quantitative estimate of drug-likeness (QED) is 0.222. The van der Waals surface area contributed by atoms with Crippen LogP contribution in [0.3, 0.4) is 0 Å². The van der Waals surface area contributed by atoms with E-state index in [1.54, 1.807) is 67.6 Å². The summed E-state index contributed by atoms with van der Waals surface area (Å²) in [6, 6.07) is 18.4. The Morgan fingerprint density at radius 3 is 2.28 bits per heavy atom. The number of aromatic hydroxyl groups is 1. The largest absolute Gasteiger partial charge is 0.508 e. The molecule has 1 aliphatic heterocycles. The van der Waals surface area contributed by atoms with Crippen molar-refractivity contribution in [1.29, 1.82) is 0 Å². The number of methoxy groups -OCH3 is 1. The average Bonchev–Trinajstić information content (AvgIpc) is 3.14. The molecule has 0 aromatic heterocycles. The van der Waals surface area contributed by atoms with Gasteiger partial charge in [-0.25, -0.2) is 4.79 Å². The zero-order valence-electron chi connectivity index (χ0n) is 19.8. The highest BCUT2D eigenvalue weighted by Gasteiger charge is 2.46. The molecule has 36 heavy (non-hydrogen) atoms. The fourth-order valence-corrected chi connectivity index (χ4v) is 4.19. The number of carbonyl (C=O) groups excluding carboxylic acids is 3. The molecule has 3 aromatic rings. The van der Waals surface area contributed by atoms with Gasteiger partial charge in [0.1, 0.15) is 17.3 Å². The summed E-state index contributed by atoms with van der Waals surface area (Å²) in [6.45, 7) is 2.02. The molecule has 1 amide bonds. The van der Waals surface area contributed by atoms with Crippen molar-refractivity contribution >= 4 is 23.4 Å². The van der Waals surface area contributed by atoms with E-state index in [9.17, 15) is 24.6 Å². The lowest BCUT2D eigenvalue weighted by atomic mass is 9.94. The van der Waals surface area contributed by atoms with Crippen molar-refractivity contribution in [1.82, 2.24) is 4.90 Å². The van der Waals surface area contributed by atoms with Crippen molar-refractivity contribution in [2.75, 3.05) is 13.7 Å². The van der Waals surface area contributed by atoms with Gasteiger partial charge in [0, 0.05) is 6.54 Å². The predicted molar refractivity (Wildman–Crippen MR) is 131 cm³/mol. The minimum atomic E-state index is -0.916. The Balaban J connectivity index is 1.78. The second-order valence-electron chi connectivity index (χ2n) is 8.14. The third-order valence-corrected chi connectivity index (χ3v) is 5.93. The van der Waals surface area contributed by atoms with Crippen molar-refractivity contribution in [3.05, 3.63) is 101 Å². The van der Waals surface area contributed by atoms with Crippen LogP contribution in [0.5, 0.6) is 11.5 Å². The molecule has 1 saturated heterocycles. The number of phenols is 1. The molecule has 0 saturated carbocycles. The van der Waals surface area contributed by atoms with Gasteiger partial charge in [-0.05, 0) is 54.4 Å². The number of rotatable bonds is 7. The first kappa shape index (κ1) is 24.5. The maximum atomic E-state index is 13.2. The Kier molecular flexibility index (Phi) is 7.05. The number of nitrogens with zero attached hydrogens (tertiary/aromatic N) is 1. The number of Topliss-reactive ketones (excluding diaryl/α,β-unsaturated/α-hetero) is 1. The number of ether oxygens (including phenoxy) is 2. The highest BCUT2D eigenvalue weighted by molar-refractivity contribution is 6.46. The zero-order valence-corrected chi connectivity index (χ0v) is 19.8. The number of hydrogen-bond acceptors (Lipinski definition) is 7. The molecule has 1 unspecified atom stereocenters. The Hall–Kier alpha value is -4.59. The van der Waals surface area contributed by atoms with Gasteiger partial charge in [0.15, 0.2) is 0 Å². The summed E-state index contributed by atoms with van der Waals surface area (Å²) in [6.07, 6.45) is 0. The maximum absolute atomic E-state index is 13.2. The van der Waals surface area contributed by atoms with E-state index in [-0.39, 0.29) is 35.8 Å². The van der Waals surface area contributed by atoms with Gasteiger partial charge in [-0.3, -0.25) is 9.59 Å². The Bertz CT molecular complexity index is 1330. The van der Waals surface area contributed by atoms with Gasteiger partial charge in [0.2, 0.25) is 0 Å². The maximum Gasteiger partial charge on any atom is 0.338 e. The Labute approximate surface area is 208 Å². The predicted octanol–water partition coefficient (Wildman–Crippen LogP) is 4.20. The summed E-state index contributed by atoms with van der Waals surface area (Å²) in [5, 5.41) is 21.0. The molecule has 184 valence electrons. The lowest BCUT2D eigenvalue weighted by Gasteiger charge is -2.25. The number of hydrogen-bond donors (Lipinski definition) is 2. The molecule has 0 bridgehead atoms. The van der Waals surface area contributed by atoms with E-state index in [1.165, 1.54) is 24.1 Å². The standard InChI is InChI=1S/C28H25NO7/c1-3-36-28(34)19-10-8-17(9-11-19)16-29-24(18-12-14-20(30)15-13-18)23(26(32)27(29)33)25(31)21-6-4-5-7-22(21)35-2/h4-15,24,30-31H,3,16H2,1-2H3/b25-23+. The summed E-state index contributed by atoms with van der Waals surface area (Å²) in [7, 11) is 1.45. The molecule has 4 rings (SSSR count). The van der Waals surface area contributed by atoms with Crippen LogP contribution in [0.1, 0.15) is 40.0 Å². The molecule has 0 radical (unpaired) electrons. The van der Waals surface area contributed by atoms with Gasteiger partial charge in [0.05, 0.1) is 36.5 Å². The minimum Gasteiger partial charge on any atom is -0.508 e. The van der Waals surface area contributed by atoms with Crippen molar-refractivity contribution in [2.24, 2.45) is 0 Å². The molecule has 0 spiro atoms. The van der Waals surface area contributed by atoms with Crippen molar-refractivity contribution < 1.29 is 34.1 Å². The fourth-order valence-electron chi connectivity index (χ4n) is 4.19. The number of carbonyl (C=O) groups is 3. The summed E-state index contributed by atoms with van der Waals surface area (Å²) in [5.41, 5.74) is 1.77. The zero-order chi connectivity index (χ0) is 25.8. The number of aliphatic hydroxyl groups is 1. The summed E-state index contributed by atoms with van der Waals surface area (Å²) >= 11 is 0. The van der Waals surface area contributed by atoms with Gasteiger partial charge < -0.3 is 24.6 Å². The monoisotopic (exact) mass is 487 g/mol. The van der Waals surface area contributed by atoms with Crippen molar-refractivity contribution in [3.63, 3.8) is 0 Å². The fraction of sp³-hybridized carbons (Fsp3) is 0.179. The molecule has 8 heteroatoms. The van der Waals surface area contributed by atoms with Crippen LogP contribution in [0.25, 0.3) is 5.76 Å². The topological polar surface area (TPSA) is 113 Å². The first-order valence-corrected chi connectivity index (χ1v) is 11.3. The van der Waals surface area contributed by atoms with E-state index in [1.807, 2.05) is 0 Å². The first-order chi connectivity index (χ1) is 17.3. The van der Waals surface area contributed by atoms with E-state index < -0.39 is 23.7 Å². The minimum absolute atomic E-state index is 0.0231. The summed E-state index contributed by atoms with van der Waals surface area (Å²) in [4.78, 5) is 39.7. The van der Waals surface area contributed by atoms with Crippen LogP contribution >= 0.6 is 0 Å². The lowest BCUT2D eigenvalue weighted by Crippen LogP contribution is -2.29. The van der Waals surface area contributed by atoms with E-state index in [4.69, 9.17) is 9.47 Å². The van der Waals surface area contributed by atoms with Gasteiger partial charge >= 0.3 is 5.97 Å². The van der Waals surface area contributed by atoms with Gasteiger partial charge in [-0.15, -0.1) is 0 Å². The number of amides is 1. The van der Waals surface area contributed by atoms with Crippen LogP contribution in [0.4, 0.5) is 0 Å². The van der Waals surface area contributed by atoms with E-state index in [0.717, 1.165) is 0 Å². The van der Waals surface area contributed by atoms with Crippen molar-refractivity contribution in [3.8, 4) is 11.5 Å². The number of phenolic OH excluding ortho intramolecular Hbond substituents is 1. The van der Waals surface area contributed by atoms with Crippen LogP contribution in [0.2, 0.25) is 0 Å². The molecule has 1 atom stereocenters. The Morgan fingerprint density at radius 2 is 1.64 bits per heavy atom. The molecule has 8 nitrogen and oxygen atoms in total. The number of ketones is 1. The lowest BCUT2D eigenvalue weighted by molar-refractivity contribution is -0.140. The molecule has 1 fully saturated rings. The third kappa shape index (κ3) is 4.65. The second-order valence-corrected chi connectivity index (χ2v) is 8.14. The van der Waals surface area contributed by atoms with E-state index in [0.29, 0.717) is 22.4 Å². The first-order valence-electron chi connectivity index (χ1n) is 11.3. The van der Waals surface area contributed by atoms with Crippen LogP contribution in [-0.2, 0) is 20.9 Å². The molecular weight excluding hydrogens is 462 g/mol. The second kappa shape index (κ2) is 10.4. The van der Waals surface area contributed by atoms with E-state index >= 15 is 0 Å². The molecule has 1 heterocycles. The summed E-state index contributed by atoms with van der Waals surface area (Å²) < 4.78 is 10.3. The molecular formula is C28H25NO7. The third-order valence-electron chi connectivity index (χ3n) is 5.93. The van der Waals surface area contributed by atoms with Gasteiger partial charge in [-0.2, -0.15) is 0 Å². The average molecular weight is 488 g/mol. The van der Waals surface area contributed by atoms with Crippen LogP contribution < -0.4 is 4.74 Å². The number of likely N-dealkylation sites (tertiary alicyclic amines) is 1. The number of aliphatic hydroxyl groups excluding tert-OH is 1. The molecule has 2 N–H and O–H groups in total. The highest BCUT2D eigenvalue weighted by atomic mass is 16.5. The van der Waals surface area contributed by atoms with E-state index in [2.05, 4.69) is 0 Å². The normalized spacial score (nSPS) is 16.7. The van der Waals surface area contributed by atoms with Crippen LogP contribution in [0, 0.1) is 0 Å². The van der Waals surface area contributed by atoms with Gasteiger partial charge in [-0.1, -0.05) is 36.4 Å². The van der Waals surface area contributed by atoms with Crippen molar-refractivity contribution in [2.45, 2.75) is 19.5 Å². The van der Waals surface area contributed by atoms with Crippen LogP contribution in [0.15, 0.2) is 78.4 Å². The summed E-state index contributed by atoms with van der Waals surface area (Å²) in [5.74, 6) is -2.05. The number of para-hydroxylation sites is 1. The Morgan fingerprint density at radius 1 is 0.972 bits per heavy atom. The SMILES string of the molecule is CCOC(=O)c1ccc(CN2C(=O)C(=O)/C(=C(/O)c3ccccc3OC)C2c2ccc(O)cc2)cc1. The highest BCUT2D eigenvalue weighted by Crippen LogP contribution is 2.41. The smallest absolute Gasteiger partial charge is 0.338 e. The molecule has 1 aliphatic rings. The number of benzene rings is 3. The number of esters is 1. The van der Waals surface area contributed by atoms with Crippen LogP contribution in [-0.4, -0.2) is 46.5 Å². The van der Waals surface area contributed by atoms with Gasteiger partial charge in [0.25, 0.3) is 11.7 Å².